The highest BCUT2D eigenvalue weighted by Crippen LogP contribution is 2.35. The number of nitrogen functional groups attached to an aromatic ring is 1. The normalized spacial score (nSPS) is 15.3. The molecule has 194 valence electrons. The second-order valence-corrected chi connectivity index (χ2v) is 10.7. The van der Waals surface area contributed by atoms with E-state index in [0.717, 1.165) is 6.07 Å². The van der Waals surface area contributed by atoms with Crippen LogP contribution in [0.15, 0.2) is 59.8 Å². The fourth-order valence-corrected chi connectivity index (χ4v) is 5.38. The third-order valence-corrected chi connectivity index (χ3v) is 7.88. The summed E-state index contributed by atoms with van der Waals surface area (Å²) in [6.07, 6.45) is -1.86. The molecule has 1 fully saturated rings. The number of fused-ring (bicyclic) bond motifs is 1. The van der Waals surface area contributed by atoms with Crippen LogP contribution in [0.1, 0.15) is 5.56 Å². The number of hydrogen-bond donors (Lipinski definition) is 1. The quantitative estimate of drug-likeness (QED) is 0.403. The Morgan fingerprint density at radius 2 is 1.70 bits per heavy atom. The monoisotopic (exact) mass is 532 g/mol. The van der Waals surface area contributed by atoms with Gasteiger partial charge >= 0.3 is 6.18 Å². The van der Waals surface area contributed by atoms with Crippen LogP contribution >= 0.6 is 0 Å². The molecule has 4 heterocycles. The number of pyridine rings is 1. The lowest BCUT2D eigenvalue weighted by atomic mass is 10.1. The molecule has 0 saturated carbocycles. The lowest BCUT2D eigenvalue weighted by Crippen LogP contribution is -2.39. The van der Waals surface area contributed by atoms with Gasteiger partial charge < -0.3 is 10.5 Å². The number of imidazole rings is 1. The number of sulfone groups is 1. The fraction of sp³-hybridized carbons (Fsp3) is 0.292. The van der Waals surface area contributed by atoms with E-state index < -0.39 is 27.4 Å². The number of morpholine rings is 1. The first kappa shape index (κ1) is 25.1. The van der Waals surface area contributed by atoms with E-state index in [1.807, 2.05) is 0 Å². The van der Waals surface area contributed by atoms with Gasteiger partial charge in [-0.3, -0.25) is 4.90 Å². The Labute approximate surface area is 210 Å². The van der Waals surface area contributed by atoms with Crippen molar-refractivity contribution < 1.29 is 26.3 Å². The van der Waals surface area contributed by atoms with E-state index in [9.17, 15) is 21.6 Å². The molecule has 0 radical (unpaired) electrons. The van der Waals surface area contributed by atoms with Crippen LogP contribution < -0.4 is 5.73 Å². The Hall–Kier alpha value is -3.55. The molecule has 1 saturated heterocycles. The Morgan fingerprint density at radius 1 is 0.973 bits per heavy atom. The maximum absolute atomic E-state index is 13.3. The van der Waals surface area contributed by atoms with E-state index in [-0.39, 0.29) is 21.9 Å². The molecular formula is C24H23F3N6O3S. The first-order valence-corrected chi connectivity index (χ1v) is 13.1. The van der Waals surface area contributed by atoms with Gasteiger partial charge in [-0.2, -0.15) is 18.3 Å². The van der Waals surface area contributed by atoms with Crippen LogP contribution in [0.3, 0.4) is 0 Å². The highest BCUT2D eigenvalue weighted by atomic mass is 32.2. The Morgan fingerprint density at radius 3 is 2.41 bits per heavy atom. The Kier molecular flexibility index (Phi) is 6.60. The third kappa shape index (κ3) is 5.29. The van der Waals surface area contributed by atoms with Crippen molar-refractivity contribution in [2.24, 2.45) is 0 Å². The first-order chi connectivity index (χ1) is 17.6. The fourth-order valence-electron chi connectivity index (χ4n) is 4.09. The van der Waals surface area contributed by atoms with E-state index in [1.54, 1.807) is 30.5 Å². The second-order valence-electron chi connectivity index (χ2n) is 8.58. The second kappa shape index (κ2) is 9.72. The number of nitrogens with two attached hydrogens (primary N) is 1. The molecule has 0 bridgehead atoms. The number of nitrogens with zero attached hydrogens (tertiary/aromatic N) is 5. The van der Waals surface area contributed by atoms with Crippen molar-refractivity contribution in [1.82, 2.24) is 24.5 Å². The lowest BCUT2D eigenvalue weighted by molar-refractivity contribution is -0.137. The van der Waals surface area contributed by atoms with Crippen LogP contribution in [0.4, 0.5) is 19.0 Å². The molecule has 1 aliphatic rings. The summed E-state index contributed by atoms with van der Waals surface area (Å²) in [5.74, 6) is -0.608. The van der Waals surface area contributed by atoms with Crippen LogP contribution in [-0.4, -0.2) is 71.5 Å². The zero-order valence-electron chi connectivity index (χ0n) is 19.5. The summed E-state index contributed by atoms with van der Waals surface area (Å²) < 4.78 is 72.3. The predicted octanol–water partition coefficient (Wildman–Crippen LogP) is 3.17. The van der Waals surface area contributed by atoms with Crippen LogP contribution in [0, 0.1) is 0 Å². The molecule has 0 amide bonds. The average Bonchev–Trinajstić information content (AvgIpc) is 3.31. The molecule has 2 N–H and O–H groups in total. The SMILES string of the molecule is Nc1ncc(-c2ccc3ncc(-c4ccc(S(=O)(=O)CCN5CCOCC5)cc4)n3n2)cc1C(F)(F)F. The maximum Gasteiger partial charge on any atom is 0.419 e. The van der Waals surface area contributed by atoms with Crippen molar-refractivity contribution in [3.8, 4) is 22.5 Å². The van der Waals surface area contributed by atoms with Gasteiger partial charge in [-0.05, 0) is 30.3 Å². The number of aromatic nitrogens is 4. The van der Waals surface area contributed by atoms with Gasteiger partial charge in [-0.15, -0.1) is 0 Å². The van der Waals surface area contributed by atoms with Crippen molar-refractivity contribution >= 4 is 21.3 Å². The molecule has 9 nitrogen and oxygen atoms in total. The lowest BCUT2D eigenvalue weighted by Gasteiger charge is -2.26. The topological polar surface area (TPSA) is 116 Å². The van der Waals surface area contributed by atoms with E-state index >= 15 is 0 Å². The third-order valence-electron chi connectivity index (χ3n) is 6.17. The molecule has 37 heavy (non-hydrogen) atoms. The smallest absolute Gasteiger partial charge is 0.383 e. The molecule has 0 spiro atoms. The first-order valence-electron chi connectivity index (χ1n) is 11.4. The highest BCUT2D eigenvalue weighted by Gasteiger charge is 2.34. The van der Waals surface area contributed by atoms with Crippen molar-refractivity contribution in [2.45, 2.75) is 11.1 Å². The molecule has 1 aliphatic heterocycles. The van der Waals surface area contributed by atoms with Crippen molar-refractivity contribution in [2.75, 3.05) is 44.3 Å². The predicted molar refractivity (Wildman–Crippen MR) is 130 cm³/mol. The van der Waals surface area contributed by atoms with Gasteiger partial charge in [0.05, 0.1) is 47.0 Å². The number of rotatable bonds is 6. The molecule has 4 aromatic rings. The van der Waals surface area contributed by atoms with Gasteiger partial charge in [0.25, 0.3) is 0 Å². The summed E-state index contributed by atoms with van der Waals surface area (Å²) in [6.45, 7) is 3.05. The van der Waals surface area contributed by atoms with Crippen LogP contribution in [0.5, 0.6) is 0 Å². The van der Waals surface area contributed by atoms with Gasteiger partial charge in [0.2, 0.25) is 0 Å². The summed E-state index contributed by atoms with van der Waals surface area (Å²) >= 11 is 0. The van der Waals surface area contributed by atoms with Gasteiger partial charge in [0.1, 0.15) is 5.82 Å². The molecule has 3 aromatic heterocycles. The van der Waals surface area contributed by atoms with E-state index in [4.69, 9.17) is 10.5 Å². The minimum Gasteiger partial charge on any atom is -0.383 e. The Balaban J connectivity index is 1.41. The summed E-state index contributed by atoms with van der Waals surface area (Å²) in [4.78, 5) is 10.2. The maximum atomic E-state index is 13.3. The molecule has 0 unspecified atom stereocenters. The van der Waals surface area contributed by atoms with Gasteiger partial charge in [-0.25, -0.2) is 22.9 Å². The number of hydrogen-bond acceptors (Lipinski definition) is 8. The molecule has 13 heteroatoms. The highest BCUT2D eigenvalue weighted by molar-refractivity contribution is 7.91. The number of anilines is 1. The van der Waals surface area contributed by atoms with E-state index in [0.29, 0.717) is 49.8 Å². The minimum absolute atomic E-state index is 0.00240. The summed E-state index contributed by atoms with van der Waals surface area (Å²) in [5.41, 5.74) is 6.43. The van der Waals surface area contributed by atoms with Crippen molar-refractivity contribution in [1.29, 1.82) is 0 Å². The largest absolute Gasteiger partial charge is 0.419 e. The molecule has 1 aromatic carbocycles. The van der Waals surface area contributed by atoms with Crippen molar-refractivity contribution in [3.05, 3.63) is 60.4 Å². The summed E-state index contributed by atoms with van der Waals surface area (Å²) in [5, 5.41) is 4.46. The van der Waals surface area contributed by atoms with Crippen molar-refractivity contribution in [3.63, 3.8) is 0 Å². The summed E-state index contributed by atoms with van der Waals surface area (Å²) in [7, 11) is -3.48. The van der Waals surface area contributed by atoms with E-state index in [2.05, 4.69) is 20.0 Å². The molecule has 0 atom stereocenters. The molecular weight excluding hydrogens is 509 g/mol. The van der Waals surface area contributed by atoms with E-state index in [1.165, 1.54) is 22.8 Å². The number of alkyl halides is 3. The van der Waals surface area contributed by atoms with Crippen LogP contribution in [-0.2, 0) is 20.8 Å². The average molecular weight is 533 g/mol. The molecule has 5 rings (SSSR count). The van der Waals surface area contributed by atoms with Crippen LogP contribution in [0.25, 0.3) is 28.2 Å². The number of halogens is 3. The standard InChI is InChI=1S/C24H23F3N6O3S/c25-24(26,27)19-13-17(14-30-23(19)28)20-5-6-22-29-15-21(33(22)31-20)16-1-3-18(4-2-16)37(34,35)12-9-32-7-10-36-11-8-32/h1-6,13-15H,7-12H2,(H2,28,30). The Bertz CT molecular complexity index is 1530. The molecule has 0 aliphatic carbocycles. The van der Waals surface area contributed by atoms with Gasteiger partial charge in [0.15, 0.2) is 15.5 Å². The number of ether oxygens (including phenoxy) is 1. The zero-order chi connectivity index (χ0) is 26.2. The van der Waals surface area contributed by atoms with Gasteiger partial charge in [0, 0.05) is 37.0 Å². The van der Waals surface area contributed by atoms with Gasteiger partial charge in [-0.1, -0.05) is 12.1 Å². The minimum atomic E-state index is -4.65. The van der Waals surface area contributed by atoms with Crippen LogP contribution in [0.2, 0.25) is 0 Å². The summed E-state index contributed by atoms with van der Waals surface area (Å²) in [6, 6.07) is 10.5. The number of benzene rings is 1. The zero-order valence-corrected chi connectivity index (χ0v) is 20.3.